The van der Waals surface area contributed by atoms with Crippen LogP contribution in [0.25, 0.3) is 11.0 Å². The van der Waals surface area contributed by atoms with Crippen molar-refractivity contribution in [2.24, 2.45) is 0 Å². The Kier molecular flexibility index (Phi) is 7.02. The predicted molar refractivity (Wildman–Crippen MR) is 130 cm³/mol. The van der Waals surface area contributed by atoms with E-state index in [0.717, 1.165) is 72.2 Å². The van der Waals surface area contributed by atoms with E-state index in [0.29, 0.717) is 18.8 Å². The maximum absolute atomic E-state index is 5.94. The zero-order valence-corrected chi connectivity index (χ0v) is 20.5. The first-order chi connectivity index (χ1) is 15.3. The van der Waals surface area contributed by atoms with Gasteiger partial charge in [0.05, 0.1) is 24.3 Å². The monoisotopic (exact) mass is 461 g/mol. The van der Waals surface area contributed by atoms with Crippen molar-refractivity contribution < 1.29 is 9.47 Å². The molecule has 1 saturated carbocycles. The second-order valence-electron chi connectivity index (χ2n) is 9.41. The van der Waals surface area contributed by atoms with Gasteiger partial charge >= 0.3 is 0 Å². The molecule has 0 saturated heterocycles. The van der Waals surface area contributed by atoms with E-state index in [1.807, 2.05) is 17.7 Å². The lowest BCUT2D eigenvalue weighted by molar-refractivity contribution is 0.0651. The molecule has 0 aliphatic heterocycles. The second-order valence-corrected chi connectivity index (χ2v) is 14.0. The number of anilines is 2. The van der Waals surface area contributed by atoms with Crippen LogP contribution in [0.15, 0.2) is 12.3 Å². The Morgan fingerprint density at radius 2 is 1.97 bits per heavy atom. The maximum atomic E-state index is 5.94. The summed E-state index contributed by atoms with van der Waals surface area (Å²) in [6.45, 7) is 3.08. The van der Waals surface area contributed by atoms with Crippen LogP contribution in [0.4, 0.5) is 11.6 Å². The van der Waals surface area contributed by atoms with Crippen LogP contribution < -0.4 is 5.32 Å². The highest BCUT2D eigenvalue weighted by Crippen LogP contribution is 2.35. The molecule has 0 spiro atoms. The standard InChI is InChI=1S/C22H35N7O2S/c1-15-12-19(28-27-15)24-21-18-13-23-29(14-31-10-11-32(3,4)5)22(18)26-20(25-21)16-6-8-17(30-2)9-7-16/h12-13,16-17H,6-11,14H2,1-5H3,(H2,24,25,26,27,28). The number of H-pyrrole nitrogens is 1. The van der Waals surface area contributed by atoms with Crippen molar-refractivity contribution in [2.45, 2.75) is 51.4 Å². The van der Waals surface area contributed by atoms with Crippen LogP contribution in [0.5, 0.6) is 0 Å². The van der Waals surface area contributed by atoms with Gasteiger partial charge in [-0.15, -0.1) is 0 Å². The van der Waals surface area contributed by atoms with E-state index < -0.39 is 10.0 Å². The molecule has 32 heavy (non-hydrogen) atoms. The number of ether oxygens (including phenoxy) is 2. The van der Waals surface area contributed by atoms with Crippen LogP contribution in [0, 0.1) is 6.92 Å². The number of rotatable bonds is 9. The number of nitrogens with zero attached hydrogens (tertiary/aromatic N) is 5. The van der Waals surface area contributed by atoms with Crippen molar-refractivity contribution in [3.8, 4) is 0 Å². The first kappa shape index (κ1) is 23.0. The SMILES string of the molecule is COC1CCC(c2nc(Nc3cc(C)[nH]n3)c3cnn(COCCS(C)(C)C)c3n2)CC1. The molecular weight excluding hydrogens is 426 g/mol. The van der Waals surface area contributed by atoms with Crippen molar-refractivity contribution in [3.05, 3.63) is 23.8 Å². The zero-order valence-electron chi connectivity index (χ0n) is 19.7. The maximum Gasteiger partial charge on any atom is 0.166 e. The average molecular weight is 462 g/mol. The molecule has 4 rings (SSSR count). The quantitative estimate of drug-likeness (QED) is 0.465. The van der Waals surface area contributed by atoms with Gasteiger partial charge in [0.1, 0.15) is 18.4 Å². The smallest absolute Gasteiger partial charge is 0.166 e. The second kappa shape index (κ2) is 9.76. The molecule has 3 aromatic rings. The molecule has 0 amide bonds. The highest BCUT2D eigenvalue weighted by Gasteiger charge is 2.26. The van der Waals surface area contributed by atoms with Gasteiger partial charge in [-0.05, 0) is 51.4 Å². The molecule has 0 bridgehead atoms. The Morgan fingerprint density at radius 1 is 1.19 bits per heavy atom. The van der Waals surface area contributed by atoms with Crippen LogP contribution >= 0.6 is 10.0 Å². The summed E-state index contributed by atoms with van der Waals surface area (Å²) in [5.74, 6) is 3.69. The van der Waals surface area contributed by atoms with E-state index >= 15 is 0 Å². The number of nitrogens with one attached hydrogen (secondary N) is 2. The normalized spacial score (nSPS) is 20.0. The molecule has 3 aromatic heterocycles. The summed E-state index contributed by atoms with van der Waals surface area (Å²) in [5.41, 5.74) is 1.78. The number of aromatic amines is 1. The Hall–Kier alpha value is -2.17. The Morgan fingerprint density at radius 3 is 2.62 bits per heavy atom. The summed E-state index contributed by atoms with van der Waals surface area (Å²) in [7, 11) is 1.21. The van der Waals surface area contributed by atoms with Crippen LogP contribution in [0.3, 0.4) is 0 Å². The fraction of sp³-hybridized carbons (Fsp3) is 0.636. The van der Waals surface area contributed by atoms with E-state index in [1.165, 1.54) is 0 Å². The molecule has 3 heterocycles. The molecule has 176 valence electrons. The molecule has 0 radical (unpaired) electrons. The molecule has 0 aromatic carbocycles. The summed E-state index contributed by atoms with van der Waals surface area (Å²) >= 11 is 0. The summed E-state index contributed by atoms with van der Waals surface area (Å²) in [5, 5.41) is 16.1. The van der Waals surface area contributed by atoms with Gasteiger partial charge in [-0.1, -0.05) is 0 Å². The topological polar surface area (TPSA) is 103 Å². The minimum Gasteiger partial charge on any atom is -0.381 e. The molecule has 1 aliphatic rings. The van der Waals surface area contributed by atoms with Gasteiger partial charge in [-0.3, -0.25) is 5.10 Å². The van der Waals surface area contributed by atoms with E-state index in [-0.39, 0.29) is 0 Å². The number of aryl methyl sites for hydroxylation is 1. The fourth-order valence-electron chi connectivity index (χ4n) is 3.96. The van der Waals surface area contributed by atoms with E-state index in [2.05, 4.69) is 39.4 Å². The van der Waals surface area contributed by atoms with Gasteiger partial charge < -0.3 is 14.8 Å². The highest BCUT2D eigenvalue weighted by atomic mass is 32.3. The van der Waals surface area contributed by atoms with Crippen LogP contribution in [0.2, 0.25) is 0 Å². The average Bonchev–Trinajstić information content (AvgIpc) is 3.36. The third-order valence-corrected chi connectivity index (χ3v) is 7.28. The van der Waals surface area contributed by atoms with Crippen LogP contribution in [0.1, 0.15) is 43.1 Å². The van der Waals surface area contributed by atoms with E-state index in [1.54, 1.807) is 13.3 Å². The van der Waals surface area contributed by atoms with Crippen molar-refractivity contribution in [1.29, 1.82) is 0 Å². The largest absolute Gasteiger partial charge is 0.381 e. The van der Waals surface area contributed by atoms with Crippen molar-refractivity contribution in [2.75, 3.05) is 43.6 Å². The molecule has 2 N–H and O–H groups in total. The summed E-state index contributed by atoms with van der Waals surface area (Å²) < 4.78 is 13.3. The Labute approximate surface area is 191 Å². The van der Waals surface area contributed by atoms with Gasteiger partial charge in [0, 0.05) is 30.5 Å². The van der Waals surface area contributed by atoms with Crippen LogP contribution in [-0.2, 0) is 16.2 Å². The van der Waals surface area contributed by atoms with Crippen molar-refractivity contribution >= 4 is 32.7 Å². The lowest BCUT2D eigenvalue weighted by atomic mass is 9.87. The molecule has 0 atom stereocenters. The molecule has 1 fully saturated rings. The predicted octanol–water partition coefficient (Wildman–Crippen LogP) is 3.94. The number of aromatic nitrogens is 6. The third kappa shape index (κ3) is 5.60. The minimum atomic E-state index is -0.585. The molecule has 1 aliphatic carbocycles. The summed E-state index contributed by atoms with van der Waals surface area (Å²) in [4.78, 5) is 9.86. The number of fused-ring (bicyclic) bond motifs is 1. The van der Waals surface area contributed by atoms with Crippen molar-refractivity contribution in [1.82, 2.24) is 29.9 Å². The summed E-state index contributed by atoms with van der Waals surface area (Å²) in [6.07, 6.45) is 13.1. The first-order valence-corrected chi connectivity index (χ1v) is 14.1. The van der Waals surface area contributed by atoms with Gasteiger partial charge in [-0.2, -0.15) is 10.2 Å². The number of methoxy groups -OCH3 is 1. The Balaban J connectivity index is 1.60. The molecule has 0 unspecified atom stereocenters. The van der Waals surface area contributed by atoms with E-state index in [4.69, 9.17) is 19.4 Å². The lowest BCUT2D eigenvalue weighted by Gasteiger charge is -2.26. The van der Waals surface area contributed by atoms with Gasteiger partial charge in [0.25, 0.3) is 0 Å². The van der Waals surface area contributed by atoms with Gasteiger partial charge in [-0.25, -0.2) is 24.7 Å². The summed E-state index contributed by atoms with van der Waals surface area (Å²) in [6, 6.07) is 1.96. The minimum absolute atomic E-state index is 0.307. The Bertz CT molecular complexity index is 1030. The van der Waals surface area contributed by atoms with Crippen LogP contribution in [-0.4, -0.2) is 74.3 Å². The van der Waals surface area contributed by atoms with E-state index in [9.17, 15) is 0 Å². The fourth-order valence-corrected chi connectivity index (χ4v) is 4.58. The lowest BCUT2D eigenvalue weighted by Crippen LogP contribution is -2.21. The van der Waals surface area contributed by atoms with Crippen molar-refractivity contribution in [3.63, 3.8) is 0 Å². The van der Waals surface area contributed by atoms with Gasteiger partial charge in [0.15, 0.2) is 11.5 Å². The third-order valence-electron chi connectivity index (χ3n) is 5.89. The zero-order chi connectivity index (χ0) is 22.7. The number of hydrogen-bond donors (Lipinski definition) is 2. The molecule has 10 heteroatoms. The molecule has 9 nitrogen and oxygen atoms in total. The number of hydrogen-bond acceptors (Lipinski definition) is 7. The molecular formula is C22H35N7O2S. The highest BCUT2D eigenvalue weighted by molar-refractivity contribution is 8.32. The van der Waals surface area contributed by atoms with Gasteiger partial charge in [0.2, 0.25) is 0 Å². The first-order valence-electron chi connectivity index (χ1n) is 11.1.